The number of rotatable bonds is 2. The molecule has 0 rings (SSSR count). The molecule has 0 aromatic rings. The van der Waals surface area contributed by atoms with E-state index in [2.05, 4.69) is 26.2 Å². The van der Waals surface area contributed by atoms with Gasteiger partial charge in [-0.25, -0.2) is 0 Å². The zero-order valence-corrected chi connectivity index (χ0v) is 8.03. The molecule has 0 saturated carbocycles. The van der Waals surface area contributed by atoms with E-state index < -0.39 is 8.32 Å². The molecule has 0 N–H and O–H groups in total. The van der Waals surface area contributed by atoms with Crippen LogP contribution < -0.4 is 0 Å². The van der Waals surface area contributed by atoms with Crippen LogP contribution in [0.4, 0.5) is 0 Å². The minimum absolute atomic E-state index is 0. The van der Waals surface area contributed by atoms with E-state index in [4.69, 9.17) is 4.12 Å². The summed E-state index contributed by atoms with van der Waals surface area (Å²) in [5.74, 6) is 0. The molecule has 1 nitrogen and oxygen atoms in total. The first-order valence-corrected chi connectivity index (χ1v) is 8.10. The average Bonchev–Trinajstić information content (AvgIpc) is 1.30. The fourth-order valence-corrected chi connectivity index (χ4v) is 3.90. The summed E-state index contributed by atoms with van der Waals surface area (Å²) in [6, 6.07) is 0. The Kier molecular flexibility index (Phi) is 8.39. The SMILES string of the molecule is C[SiH2]O[Si](C)(C)C.[CaH2]. The molecule has 0 aromatic carbocycles. The van der Waals surface area contributed by atoms with Crippen LogP contribution in [0, 0.1) is 0 Å². The van der Waals surface area contributed by atoms with E-state index in [1.165, 1.54) is 0 Å². The van der Waals surface area contributed by atoms with Crippen LogP contribution in [0.25, 0.3) is 0 Å². The van der Waals surface area contributed by atoms with Crippen LogP contribution >= 0.6 is 0 Å². The van der Waals surface area contributed by atoms with Gasteiger partial charge in [0.25, 0.3) is 0 Å². The van der Waals surface area contributed by atoms with Crippen LogP contribution in [0.3, 0.4) is 0 Å². The first-order valence-electron chi connectivity index (χ1n) is 2.70. The van der Waals surface area contributed by atoms with Gasteiger partial charge in [0.05, 0.1) is 0 Å². The Labute approximate surface area is 85.3 Å². The first-order chi connectivity index (χ1) is 3.06. The van der Waals surface area contributed by atoms with Crippen LogP contribution in [0.15, 0.2) is 0 Å². The van der Waals surface area contributed by atoms with E-state index in [9.17, 15) is 0 Å². The fraction of sp³-hybridized carbons (Fsp3) is 1.00. The van der Waals surface area contributed by atoms with Gasteiger partial charge in [-0.15, -0.1) is 0 Å². The van der Waals surface area contributed by atoms with Crippen LogP contribution in [0.1, 0.15) is 0 Å². The molecule has 0 radical (unpaired) electrons. The van der Waals surface area contributed by atoms with Gasteiger partial charge in [0, 0.05) is 0 Å². The summed E-state index contributed by atoms with van der Waals surface area (Å²) in [5, 5.41) is 0. The molecule has 0 atom stereocenters. The molecular weight excluding hydrogens is 160 g/mol. The Balaban J connectivity index is 0. The summed E-state index contributed by atoms with van der Waals surface area (Å²) in [6.45, 7) is 8.86. The Morgan fingerprint density at radius 1 is 1.25 bits per heavy atom. The summed E-state index contributed by atoms with van der Waals surface area (Å²) in [4.78, 5) is 0. The van der Waals surface area contributed by atoms with Gasteiger partial charge in [-0.3, -0.25) is 0 Å². The zero-order valence-electron chi connectivity index (χ0n) is 5.62. The van der Waals surface area contributed by atoms with Gasteiger partial charge in [0.1, 0.15) is 9.76 Å². The van der Waals surface area contributed by atoms with Crippen molar-refractivity contribution in [2.24, 2.45) is 0 Å². The van der Waals surface area contributed by atoms with E-state index in [1.54, 1.807) is 0 Å². The van der Waals surface area contributed by atoms with Crippen molar-refractivity contribution >= 4 is 55.8 Å². The maximum absolute atomic E-state index is 5.51. The second-order valence-electron chi connectivity index (χ2n) is 2.55. The summed E-state index contributed by atoms with van der Waals surface area (Å²) in [6.07, 6.45) is 0. The van der Waals surface area contributed by atoms with Gasteiger partial charge < -0.3 is 4.12 Å². The fourth-order valence-electron chi connectivity index (χ4n) is 0.433. The molecule has 0 heterocycles. The Morgan fingerprint density at radius 2 is 1.62 bits per heavy atom. The molecule has 0 fully saturated rings. The first kappa shape index (κ1) is 12.3. The summed E-state index contributed by atoms with van der Waals surface area (Å²) in [5.41, 5.74) is 0. The molecule has 0 unspecified atom stereocenters. The van der Waals surface area contributed by atoms with Gasteiger partial charge >= 0.3 is 37.7 Å². The second-order valence-corrected chi connectivity index (χ2v) is 8.50. The summed E-state index contributed by atoms with van der Waals surface area (Å²) in [7, 11) is -1.22. The number of hydrogen-bond acceptors (Lipinski definition) is 1. The van der Waals surface area contributed by atoms with Crippen molar-refractivity contribution in [3.8, 4) is 0 Å². The summed E-state index contributed by atoms with van der Waals surface area (Å²) < 4.78 is 5.51. The number of hydrogen-bond donors (Lipinski definition) is 0. The van der Waals surface area contributed by atoms with Gasteiger partial charge in [-0.1, -0.05) is 6.55 Å². The second kappa shape index (κ2) is 5.44. The third kappa shape index (κ3) is 10.6. The minimum atomic E-state index is -1.10. The molecular formula is C4H16CaOSi2. The van der Waals surface area contributed by atoms with Crippen molar-refractivity contribution in [2.75, 3.05) is 0 Å². The van der Waals surface area contributed by atoms with E-state index in [1.807, 2.05) is 0 Å². The van der Waals surface area contributed by atoms with Gasteiger partial charge in [-0.05, 0) is 19.6 Å². The van der Waals surface area contributed by atoms with Crippen LogP contribution in [-0.4, -0.2) is 55.8 Å². The van der Waals surface area contributed by atoms with Crippen LogP contribution in [0.5, 0.6) is 0 Å². The zero-order chi connectivity index (χ0) is 5.91. The van der Waals surface area contributed by atoms with E-state index in [-0.39, 0.29) is 47.5 Å². The quantitative estimate of drug-likeness (QED) is 0.541. The summed E-state index contributed by atoms with van der Waals surface area (Å²) >= 11 is 0. The van der Waals surface area contributed by atoms with Crippen molar-refractivity contribution in [3.05, 3.63) is 0 Å². The molecule has 0 amide bonds. The maximum atomic E-state index is 5.51. The molecule has 0 spiro atoms. The van der Waals surface area contributed by atoms with E-state index >= 15 is 0 Å². The predicted molar refractivity (Wildman–Crippen MR) is 47.4 cm³/mol. The molecule has 0 aromatic heterocycles. The normalized spacial score (nSPS) is 12.0. The van der Waals surface area contributed by atoms with Crippen LogP contribution in [0.2, 0.25) is 26.2 Å². The van der Waals surface area contributed by atoms with Crippen molar-refractivity contribution in [1.82, 2.24) is 0 Å². The molecule has 0 aliphatic carbocycles. The van der Waals surface area contributed by atoms with E-state index in [0.717, 1.165) is 0 Å². The molecule has 0 saturated heterocycles. The standard InChI is InChI=1S/C4H14OSi2.Ca.2H/c1-6-5-7(2,3)4;;;/h6H2,1-4H3;;;. The molecule has 0 aliphatic rings. The molecule has 4 heteroatoms. The molecule has 8 heavy (non-hydrogen) atoms. The predicted octanol–water partition coefficient (Wildman–Crippen LogP) is 0.0536. The van der Waals surface area contributed by atoms with Gasteiger partial charge in [-0.2, -0.15) is 0 Å². The molecule has 0 aliphatic heterocycles. The van der Waals surface area contributed by atoms with Crippen molar-refractivity contribution in [3.63, 3.8) is 0 Å². The van der Waals surface area contributed by atoms with Gasteiger partial charge in [0.2, 0.25) is 0 Å². The van der Waals surface area contributed by atoms with Crippen molar-refractivity contribution in [2.45, 2.75) is 26.2 Å². The Morgan fingerprint density at radius 3 is 1.62 bits per heavy atom. The van der Waals surface area contributed by atoms with Gasteiger partial charge in [0.15, 0.2) is 8.32 Å². The third-order valence-corrected chi connectivity index (χ3v) is 5.20. The van der Waals surface area contributed by atoms with E-state index in [0.29, 0.717) is 0 Å². The van der Waals surface area contributed by atoms with Crippen molar-refractivity contribution in [1.29, 1.82) is 0 Å². The monoisotopic (exact) mass is 176 g/mol. The third-order valence-electron chi connectivity index (χ3n) is 0.577. The molecule has 0 bridgehead atoms. The Bertz CT molecular complexity index is 52.5. The average molecular weight is 176 g/mol. The van der Waals surface area contributed by atoms with Crippen LogP contribution in [-0.2, 0) is 4.12 Å². The van der Waals surface area contributed by atoms with Crippen molar-refractivity contribution < 1.29 is 4.12 Å². The topological polar surface area (TPSA) is 9.23 Å². The Hall–Kier alpha value is 1.65. The molecule has 48 valence electrons.